The fraction of sp³-hybridized carbons (Fsp3) is 0.400. The van der Waals surface area contributed by atoms with Gasteiger partial charge in [0.1, 0.15) is 6.61 Å². The minimum atomic E-state index is -0.286. The Hall–Kier alpha value is -4.17. The highest BCUT2D eigenvalue weighted by molar-refractivity contribution is 6.21. The van der Waals surface area contributed by atoms with Crippen molar-refractivity contribution in [2.24, 2.45) is 5.92 Å². The van der Waals surface area contributed by atoms with Crippen LogP contribution in [0.15, 0.2) is 66.7 Å². The molecule has 6 rings (SSSR count). The first-order valence-electron chi connectivity index (χ1n) is 15.1. The number of benzene rings is 3. The van der Waals surface area contributed by atoms with E-state index < -0.39 is 0 Å². The van der Waals surface area contributed by atoms with Gasteiger partial charge in [0.25, 0.3) is 11.8 Å². The highest BCUT2D eigenvalue weighted by Crippen LogP contribution is 2.50. The first kappa shape index (κ1) is 28.9. The van der Waals surface area contributed by atoms with Crippen LogP contribution in [0.25, 0.3) is 0 Å². The molecule has 1 fully saturated rings. The molecule has 43 heavy (non-hydrogen) atoms. The molecule has 3 aliphatic rings. The van der Waals surface area contributed by atoms with Crippen LogP contribution in [0.4, 0.5) is 0 Å². The van der Waals surface area contributed by atoms with Crippen molar-refractivity contribution < 1.29 is 28.6 Å². The quantitative estimate of drug-likeness (QED) is 0.248. The Balaban J connectivity index is 1.19. The highest BCUT2D eigenvalue weighted by atomic mass is 16.5. The van der Waals surface area contributed by atoms with Gasteiger partial charge in [-0.05, 0) is 79.5 Å². The van der Waals surface area contributed by atoms with Crippen molar-refractivity contribution in [2.75, 3.05) is 33.9 Å². The number of rotatable bonds is 9. The normalized spacial score (nSPS) is 21.4. The molecule has 0 N–H and O–H groups in total. The predicted molar refractivity (Wildman–Crippen MR) is 161 cm³/mol. The number of esters is 1. The molecule has 2 heterocycles. The molecule has 2 amide bonds. The molecule has 8 nitrogen and oxygen atoms in total. The van der Waals surface area contributed by atoms with Gasteiger partial charge in [-0.2, -0.15) is 0 Å². The van der Waals surface area contributed by atoms with Crippen LogP contribution in [0.5, 0.6) is 11.5 Å². The zero-order chi connectivity index (χ0) is 30.0. The summed E-state index contributed by atoms with van der Waals surface area (Å²) < 4.78 is 17.0. The number of imide groups is 1. The van der Waals surface area contributed by atoms with E-state index in [2.05, 4.69) is 17.0 Å². The summed E-state index contributed by atoms with van der Waals surface area (Å²) in [6.45, 7) is 2.22. The number of amides is 2. The Labute approximate surface area is 252 Å². The summed E-state index contributed by atoms with van der Waals surface area (Å²) in [6.07, 6.45) is 4.55. The summed E-state index contributed by atoms with van der Waals surface area (Å²) in [5.41, 5.74) is 4.11. The van der Waals surface area contributed by atoms with Crippen LogP contribution in [-0.4, -0.2) is 61.4 Å². The number of methoxy groups -OCH3 is 2. The van der Waals surface area contributed by atoms with E-state index in [1.165, 1.54) is 16.0 Å². The fourth-order valence-corrected chi connectivity index (χ4v) is 7.15. The second-order valence-electron chi connectivity index (χ2n) is 11.7. The highest BCUT2D eigenvalue weighted by Gasteiger charge is 2.47. The molecule has 3 aromatic rings. The van der Waals surface area contributed by atoms with E-state index in [0.717, 1.165) is 50.8 Å². The molecule has 0 saturated heterocycles. The average molecular weight is 583 g/mol. The van der Waals surface area contributed by atoms with Crippen LogP contribution in [-0.2, 0) is 28.1 Å². The van der Waals surface area contributed by atoms with Crippen LogP contribution in [0, 0.1) is 5.92 Å². The average Bonchev–Trinajstić information content (AvgIpc) is 3.29. The third-order valence-electron chi connectivity index (χ3n) is 9.43. The minimum Gasteiger partial charge on any atom is -0.493 e. The van der Waals surface area contributed by atoms with E-state index in [1.54, 1.807) is 38.5 Å². The van der Waals surface area contributed by atoms with Gasteiger partial charge in [-0.1, -0.05) is 42.5 Å². The summed E-state index contributed by atoms with van der Waals surface area (Å²) >= 11 is 0. The Bertz CT molecular complexity index is 1480. The molecule has 224 valence electrons. The smallest absolute Gasteiger partial charge is 0.309 e. The summed E-state index contributed by atoms with van der Waals surface area (Å²) in [5.74, 6) is 0.683. The lowest BCUT2D eigenvalue weighted by Gasteiger charge is -2.52. The minimum absolute atomic E-state index is 0.140. The number of hydrogen-bond donors (Lipinski definition) is 0. The molecule has 0 aromatic heterocycles. The van der Waals surface area contributed by atoms with Crippen molar-refractivity contribution in [2.45, 2.75) is 50.7 Å². The molecule has 0 atom stereocenters. The van der Waals surface area contributed by atoms with Crippen LogP contribution in [0.3, 0.4) is 0 Å². The second kappa shape index (κ2) is 12.2. The van der Waals surface area contributed by atoms with Gasteiger partial charge in [0.15, 0.2) is 11.5 Å². The lowest BCUT2D eigenvalue weighted by Crippen LogP contribution is -2.53. The van der Waals surface area contributed by atoms with Crippen molar-refractivity contribution in [3.63, 3.8) is 0 Å². The number of hydrogen-bond acceptors (Lipinski definition) is 7. The third kappa shape index (κ3) is 5.40. The molecular formula is C35H38N2O6. The van der Waals surface area contributed by atoms with Crippen molar-refractivity contribution in [1.29, 1.82) is 0 Å². The van der Waals surface area contributed by atoms with Gasteiger partial charge in [-0.3, -0.25) is 24.2 Å². The monoisotopic (exact) mass is 582 g/mol. The van der Waals surface area contributed by atoms with Crippen molar-refractivity contribution in [3.8, 4) is 11.5 Å². The maximum absolute atomic E-state index is 13.1. The van der Waals surface area contributed by atoms with Gasteiger partial charge >= 0.3 is 5.97 Å². The predicted octanol–water partition coefficient (Wildman–Crippen LogP) is 5.38. The van der Waals surface area contributed by atoms with Crippen molar-refractivity contribution in [3.05, 3.63) is 94.5 Å². The standard InChI is InChI=1S/C35H38N2O6/c1-41-30-21-26-15-20-36(18-8-19-37-32(38)27-11-6-7-12-28(27)33(37)39)35(29(26)22-31(30)42-2)16-13-25(14-17-35)34(40)43-23-24-9-4-3-5-10-24/h3-7,9-12,21-22,25H,8,13-20,23H2,1-2H3/t25-,35-. The zero-order valence-electron chi connectivity index (χ0n) is 24.8. The van der Waals surface area contributed by atoms with E-state index in [4.69, 9.17) is 14.2 Å². The first-order valence-corrected chi connectivity index (χ1v) is 15.1. The third-order valence-corrected chi connectivity index (χ3v) is 9.43. The maximum atomic E-state index is 13.1. The SMILES string of the molecule is COc1cc2c(cc1OC)[C@]1(CC[C@@H](C(=O)OCc3ccccc3)CC1)N(CCCN1C(=O)c3ccccc3C1=O)CC2. The van der Waals surface area contributed by atoms with Gasteiger partial charge in [-0.15, -0.1) is 0 Å². The zero-order valence-corrected chi connectivity index (χ0v) is 24.8. The number of ether oxygens (including phenoxy) is 3. The van der Waals surface area contributed by atoms with Crippen LogP contribution in [0.1, 0.15) is 69.5 Å². The Kier molecular flexibility index (Phi) is 8.21. The number of carbonyl (C=O) groups is 3. The second-order valence-corrected chi connectivity index (χ2v) is 11.7. The molecule has 1 saturated carbocycles. The Morgan fingerprint density at radius 2 is 1.49 bits per heavy atom. The van der Waals surface area contributed by atoms with E-state index in [9.17, 15) is 14.4 Å². The number of fused-ring (bicyclic) bond motifs is 3. The maximum Gasteiger partial charge on any atom is 0.309 e. The van der Waals surface area contributed by atoms with Crippen molar-refractivity contribution >= 4 is 17.8 Å². The fourth-order valence-electron chi connectivity index (χ4n) is 7.15. The van der Waals surface area contributed by atoms with Crippen LogP contribution in [0.2, 0.25) is 0 Å². The number of carbonyl (C=O) groups excluding carboxylic acids is 3. The van der Waals surface area contributed by atoms with Gasteiger partial charge in [0.2, 0.25) is 0 Å². The topological polar surface area (TPSA) is 85.4 Å². The van der Waals surface area contributed by atoms with E-state index in [1.807, 2.05) is 30.3 Å². The van der Waals surface area contributed by atoms with Gasteiger partial charge in [-0.25, -0.2) is 0 Å². The molecule has 3 aromatic carbocycles. The lowest BCUT2D eigenvalue weighted by molar-refractivity contribution is -0.152. The molecule has 0 unspecified atom stereocenters. The molecule has 1 aliphatic carbocycles. The summed E-state index contributed by atoms with van der Waals surface area (Å²) in [6, 6.07) is 21.0. The first-order chi connectivity index (χ1) is 20.9. The molecule has 0 bridgehead atoms. The summed E-state index contributed by atoms with van der Waals surface area (Å²) in [4.78, 5) is 42.9. The van der Waals surface area contributed by atoms with Gasteiger partial charge in [0, 0.05) is 25.2 Å². The van der Waals surface area contributed by atoms with Gasteiger partial charge in [0.05, 0.1) is 31.3 Å². The molecule has 1 spiro atoms. The van der Waals surface area contributed by atoms with E-state index >= 15 is 0 Å². The molecule has 2 aliphatic heterocycles. The van der Waals surface area contributed by atoms with Gasteiger partial charge < -0.3 is 14.2 Å². The summed E-state index contributed by atoms with van der Waals surface area (Å²) in [7, 11) is 3.31. The Morgan fingerprint density at radius 1 is 0.860 bits per heavy atom. The van der Waals surface area contributed by atoms with Crippen LogP contribution >= 0.6 is 0 Å². The van der Waals surface area contributed by atoms with Crippen LogP contribution < -0.4 is 9.47 Å². The van der Waals surface area contributed by atoms with Crippen molar-refractivity contribution in [1.82, 2.24) is 9.80 Å². The van der Waals surface area contributed by atoms with E-state index in [0.29, 0.717) is 35.6 Å². The molecule has 8 heteroatoms. The molecular weight excluding hydrogens is 544 g/mol. The lowest BCUT2D eigenvalue weighted by atomic mass is 9.68. The Morgan fingerprint density at radius 3 is 2.14 bits per heavy atom. The van der Waals surface area contributed by atoms with E-state index in [-0.39, 0.29) is 35.8 Å². The largest absolute Gasteiger partial charge is 0.493 e. The number of nitrogens with zero attached hydrogens (tertiary/aromatic N) is 2. The molecule has 0 radical (unpaired) electrons. The summed E-state index contributed by atoms with van der Waals surface area (Å²) in [5, 5.41) is 0.